The summed E-state index contributed by atoms with van der Waals surface area (Å²) in [5, 5.41) is 2.41. The minimum absolute atomic E-state index is 0.113. The molecule has 0 aromatic heterocycles. The standard InChI is InChI=1S/C13H18N2O3/c1-13(2,3)18-12(17)15-8-11(16)9-5-4-6-10(14)7-9/h4-7H,8,14H2,1-3H3,(H,15,17). The van der Waals surface area contributed by atoms with E-state index in [1.54, 1.807) is 45.0 Å². The van der Waals surface area contributed by atoms with E-state index < -0.39 is 11.7 Å². The molecule has 18 heavy (non-hydrogen) atoms. The molecule has 0 heterocycles. The third kappa shape index (κ3) is 4.86. The molecule has 0 aliphatic rings. The van der Waals surface area contributed by atoms with E-state index in [1.807, 2.05) is 0 Å². The average Bonchev–Trinajstić information content (AvgIpc) is 2.23. The number of alkyl carbamates (subject to hydrolysis) is 1. The summed E-state index contributed by atoms with van der Waals surface area (Å²) < 4.78 is 5.02. The minimum Gasteiger partial charge on any atom is -0.444 e. The first kappa shape index (κ1) is 14.0. The molecule has 1 aromatic rings. The highest BCUT2D eigenvalue weighted by Gasteiger charge is 2.16. The predicted molar refractivity (Wildman–Crippen MR) is 69.4 cm³/mol. The molecule has 5 heteroatoms. The molecule has 0 aliphatic carbocycles. The van der Waals surface area contributed by atoms with Crippen LogP contribution in [0.5, 0.6) is 0 Å². The number of hydrogen-bond acceptors (Lipinski definition) is 4. The maximum Gasteiger partial charge on any atom is 0.408 e. The molecule has 5 nitrogen and oxygen atoms in total. The number of anilines is 1. The summed E-state index contributed by atoms with van der Waals surface area (Å²) in [7, 11) is 0. The van der Waals surface area contributed by atoms with Gasteiger partial charge in [-0.1, -0.05) is 12.1 Å². The third-order valence-corrected chi connectivity index (χ3v) is 2.00. The maximum absolute atomic E-state index is 11.7. The Hall–Kier alpha value is -2.04. The number of hydrogen-bond donors (Lipinski definition) is 2. The Kier molecular flexibility index (Phi) is 4.31. The van der Waals surface area contributed by atoms with E-state index in [0.717, 1.165) is 0 Å². The molecule has 0 aliphatic heterocycles. The van der Waals surface area contributed by atoms with Crippen LogP contribution in [0.15, 0.2) is 24.3 Å². The van der Waals surface area contributed by atoms with Crippen molar-refractivity contribution < 1.29 is 14.3 Å². The highest BCUT2D eigenvalue weighted by atomic mass is 16.6. The van der Waals surface area contributed by atoms with Crippen molar-refractivity contribution in [3.8, 4) is 0 Å². The van der Waals surface area contributed by atoms with Gasteiger partial charge >= 0.3 is 6.09 Å². The molecule has 0 spiro atoms. The van der Waals surface area contributed by atoms with Gasteiger partial charge in [0.1, 0.15) is 5.60 Å². The number of nitrogens with one attached hydrogen (secondary N) is 1. The van der Waals surface area contributed by atoms with Crippen molar-refractivity contribution in [2.24, 2.45) is 0 Å². The van der Waals surface area contributed by atoms with E-state index in [-0.39, 0.29) is 12.3 Å². The fourth-order valence-electron chi connectivity index (χ4n) is 1.28. The van der Waals surface area contributed by atoms with Crippen LogP contribution in [-0.2, 0) is 4.74 Å². The molecular weight excluding hydrogens is 232 g/mol. The van der Waals surface area contributed by atoms with Crippen LogP contribution in [-0.4, -0.2) is 24.0 Å². The van der Waals surface area contributed by atoms with Gasteiger partial charge in [-0.05, 0) is 32.9 Å². The number of benzene rings is 1. The Morgan fingerprint density at radius 2 is 2.00 bits per heavy atom. The molecule has 0 unspecified atom stereocenters. The zero-order chi connectivity index (χ0) is 13.8. The molecule has 0 fully saturated rings. The van der Waals surface area contributed by atoms with Crippen LogP contribution >= 0.6 is 0 Å². The monoisotopic (exact) mass is 250 g/mol. The molecule has 3 N–H and O–H groups in total. The van der Waals surface area contributed by atoms with Gasteiger partial charge in [-0.3, -0.25) is 4.79 Å². The Morgan fingerprint density at radius 3 is 2.56 bits per heavy atom. The summed E-state index contributed by atoms with van der Waals surface area (Å²) in [5.41, 5.74) is 5.97. The second kappa shape index (κ2) is 5.53. The predicted octanol–water partition coefficient (Wildman–Crippen LogP) is 1.98. The number of nitrogen functional groups attached to an aromatic ring is 1. The maximum atomic E-state index is 11.7. The fourth-order valence-corrected chi connectivity index (χ4v) is 1.28. The lowest BCUT2D eigenvalue weighted by atomic mass is 10.1. The number of carbonyl (C=O) groups is 2. The number of rotatable bonds is 3. The van der Waals surface area contributed by atoms with Gasteiger partial charge in [0.05, 0.1) is 6.54 Å². The van der Waals surface area contributed by atoms with Crippen LogP contribution in [0.4, 0.5) is 10.5 Å². The highest BCUT2D eigenvalue weighted by Crippen LogP contribution is 2.08. The quantitative estimate of drug-likeness (QED) is 0.634. The van der Waals surface area contributed by atoms with Gasteiger partial charge in [-0.25, -0.2) is 4.79 Å². The lowest BCUT2D eigenvalue weighted by molar-refractivity contribution is 0.0520. The summed E-state index contributed by atoms with van der Waals surface area (Å²) >= 11 is 0. The molecular formula is C13H18N2O3. The van der Waals surface area contributed by atoms with Crippen LogP contribution in [0.25, 0.3) is 0 Å². The van der Waals surface area contributed by atoms with Crippen molar-refractivity contribution in [3.05, 3.63) is 29.8 Å². The van der Waals surface area contributed by atoms with Crippen molar-refractivity contribution >= 4 is 17.6 Å². The van der Waals surface area contributed by atoms with E-state index in [0.29, 0.717) is 11.3 Å². The van der Waals surface area contributed by atoms with Crippen LogP contribution in [0.3, 0.4) is 0 Å². The molecule has 0 saturated heterocycles. The molecule has 1 aromatic carbocycles. The van der Waals surface area contributed by atoms with Gasteiger partial charge in [0.25, 0.3) is 0 Å². The van der Waals surface area contributed by atoms with Crippen molar-refractivity contribution in [1.29, 1.82) is 0 Å². The molecule has 0 radical (unpaired) electrons. The minimum atomic E-state index is -0.611. The van der Waals surface area contributed by atoms with Crippen LogP contribution in [0, 0.1) is 0 Å². The van der Waals surface area contributed by atoms with Gasteiger partial charge in [0, 0.05) is 11.3 Å². The van der Waals surface area contributed by atoms with E-state index in [4.69, 9.17) is 10.5 Å². The molecule has 0 bridgehead atoms. The van der Waals surface area contributed by atoms with Crippen LogP contribution < -0.4 is 11.1 Å². The molecule has 1 amide bonds. The van der Waals surface area contributed by atoms with Crippen molar-refractivity contribution in [3.63, 3.8) is 0 Å². The molecule has 98 valence electrons. The van der Waals surface area contributed by atoms with Gasteiger partial charge in [-0.2, -0.15) is 0 Å². The summed E-state index contributed by atoms with van der Waals surface area (Å²) in [6.07, 6.45) is -0.611. The SMILES string of the molecule is CC(C)(C)OC(=O)NCC(=O)c1cccc(N)c1. The van der Waals surface area contributed by atoms with Crippen molar-refractivity contribution in [2.45, 2.75) is 26.4 Å². The Balaban J connectivity index is 2.49. The van der Waals surface area contributed by atoms with Crippen LogP contribution in [0.2, 0.25) is 0 Å². The first-order valence-corrected chi connectivity index (χ1v) is 5.63. The van der Waals surface area contributed by atoms with Crippen molar-refractivity contribution in [1.82, 2.24) is 5.32 Å². The van der Waals surface area contributed by atoms with E-state index in [9.17, 15) is 9.59 Å². The molecule has 0 atom stereocenters. The lowest BCUT2D eigenvalue weighted by Gasteiger charge is -2.19. The summed E-state index contributed by atoms with van der Waals surface area (Å²) in [6, 6.07) is 6.60. The second-order valence-electron chi connectivity index (χ2n) is 4.90. The number of ether oxygens (including phenoxy) is 1. The highest BCUT2D eigenvalue weighted by molar-refractivity contribution is 5.99. The Morgan fingerprint density at radius 1 is 1.33 bits per heavy atom. The second-order valence-corrected chi connectivity index (χ2v) is 4.90. The van der Waals surface area contributed by atoms with E-state index in [1.165, 1.54) is 0 Å². The van der Waals surface area contributed by atoms with Gasteiger partial charge in [0.2, 0.25) is 0 Å². The normalized spacial score (nSPS) is 10.8. The van der Waals surface area contributed by atoms with Crippen molar-refractivity contribution in [2.75, 3.05) is 12.3 Å². The largest absolute Gasteiger partial charge is 0.444 e. The fraction of sp³-hybridized carbons (Fsp3) is 0.385. The number of carbonyl (C=O) groups excluding carboxylic acids is 2. The van der Waals surface area contributed by atoms with Gasteiger partial charge < -0.3 is 15.8 Å². The number of Topliss-reactive ketones (excluding diaryl/α,β-unsaturated/α-hetero) is 1. The third-order valence-electron chi connectivity index (χ3n) is 2.00. The summed E-state index contributed by atoms with van der Waals surface area (Å²) in [5.74, 6) is -0.215. The number of nitrogens with two attached hydrogens (primary N) is 1. The zero-order valence-corrected chi connectivity index (χ0v) is 10.8. The smallest absolute Gasteiger partial charge is 0.408 e. The Labute approximate surface area is 106 Å². The summed E-state index contributed by atoms with van der Waals surface area (Å²) in [6.45, 7) is 5.16. The lowest BCUT2D eigenvalue weighted by Crippen LogP contribution is -2.35. The topological polar surface area (TPSA) is 81.4 Å². The van der Waals surface area contributed by atoms with E-state index in [2.05, 4.69) is 5.32 Å². The first-order chi connectivity index (χ1) is 8.28. The molecule has 0 saturated carbocycles. The zero-order valence-electron chi connectivity index (χ0n) is 10.8. The Bertz CT molecular complexity index is 450. The summed E-state index contributed by atoms with van der Waals surface area (Å²) in [4.78, 5) is 23.1. The van der Waals surface area contributed by atoms with Crippen LogP contribution in [0.1, 0.15) is 31.1 Å². The number of ketones is 1. The first-order valence-electron chi connectivity index (χ1n) is 5.63. The number of amides is 1. The molecule has 1 rings (SSSR count). The van der Waals surface area contributed by atoms with Gasteiger partial charge in [0.15, 0.2) is 5.78 Å². The van der Waals surface area contributed by atoms with E-state index >= 15 is 0 Å². The average molecular weight is 250 g/mol. The van der Waals surface area contributed by atoms with Gasteiger partial charge in [-0.15, -0.1) is 0 Å².